The minimum Gasteiger partial charge on any atom is -0.486 e. The summed E-state index contributed by atoms with van der Waals surface area (Å²) in [5, 5.41) is 10.9. The Labute approximate surface area is 180 Å². The molecule has 2 N–H and O–H groups in total. The molecule has 0 aliphatic carbocycles. The molecule has 0 unspecified atom stereocenters. The first-order chi connectivity index (χ1) is 15.0. The standard InChI is InChI=1S/C22H25N5O4/c1-25-10-12-26(13-11-25)17-7-5-16(6-8-17)24-20-9-14-30-21(20)22(23)31-19-4-2-3-18(15-19)27(28)29/h2-8,15H,9-14,23H2,1H3. The third kappa shape index (κ3) is 4.95. The van der Waals surface area contributed by atoms with Gasteiger partial charge < -0.3 is 25.0 Å². The van der Waals surface area contributed by atoms with Crippen LogP contribution in [0.4, 0.5) is 17.1 Å². The molecule has 4 rings (SSSR count). The van der Waals surface area contributed by atoms with E-state index in [1.165, 1.54) is 23.9 Å². The summed E-state index contributed by atoms with van der Waals surface area (Å²) in [6, 6.07) is 14.0. The van der Waals surface area contributed by atoms with E-state index in [1.54, 1.807) is 6.07 Å². The number of non-ortho nitro benzene ring substituents is 1. The summed E-state index contributed by atoms with van der Waals surface area (Å²) in [6.45, 7) is 4.58. The highest BCUT2D eigenvalue weighted by atomic mass is 16.6. The number of anilines is 1. The maximum Gasteiger partial charge on any atom is 0.273 e. The van der Waals surface area contributed by atoms with Crippen molar-refractivity contribution in [2.24, 2.45) is 10.7 Å². The van der Waals surface area contributed by atoms with Gasteiger partial charge in [0.1, 0.15) is 5.75 Å². The van der Waals surface area contributed by atoms with Gasteiger partial charge in [0.05, 0.1) is 29.0 Å². The van der Waals surface area contributed by atoms with Gasteiger partial charge in [-0.15, -0.1) is 0 Å². The lowest BCUT2D eigenvalue weighted by Crippen LogP contribution is -2.44. The topological polar surface area (TPSA) is 106 Å². The van der Waals surface area contributed by atoms with Crippen LogP contribution in [0.1, 0.15) is 6.42 Å². The molecule has 2 heterocycles. The van der Waals surface area contributed by atoms with Crippen LogP contribution in [0, 0.1) is 10.1 Å². The van der Waals surface area contributed by atoms with Crippen LogP contribution < -0.4 is 15.4 Å². The minimum atomic E-state index is -0.485. The number of nitrogens with zero attached hydrogens (tertiary/aromatic N) is 4. The number of piperazine rings is 1. The number of hydrogen-bond donors (Lipinski definition) is 1. The van der Waals surface area contributed by atoms with Crippen molar-refractivity contribution >= 4 is 22.8 Å². The van der Waals surface area contributed by atoms with Crippen molar-refractivity contribution in [1.82, 2.24) is 4.90 Å². The summed E-state index contributed by atoms with van der Waals surface area (Å²) in [6.07, 6.45) is 0.606. The molecule has 9 nitrogen and oxygen atoms in total. The Morgan fingerprint density at radius 1 is 1.16 bits per heavy atom. The highest BCUT2D eigenvalue weighted by Gasteiger charge is 2.23. The van der Waals surface area contributed by atoms with Gasteiger partial charge >= 0.3 is 0 Å². The predicted molar refractivity (Wildman–Crippen MR) is 119 cm³/mol. The molecule has 0 radical (unpaired) electrons. The fraction of sp³-hybridized carbons (Fsp3) is 0.318. The Balaban J connectivity index is 1.49. The number of nitro benzene ring substituents is 1. The van der Waals surface area contributed by atoms with Crippen molar-refractivity contribution < 1.29 is 14.4 Å². The lowest BCUT2D eigenvalue weighted by Gasteiger charge is -2.34. The normalized spacial score (nSPS) is 19.9. The average molecular weight is 423 g/mol. The van der Waals surface area contributed by atoms with Crippen molar-refractivity contribution in [3.05, 3.63) is 70.3 Å². The molecule has 2 aromatic rings. The second-order valence-electron chi connectivity index (χ2n) is 7.51. The molecular formula is C22H25N5O4. The predicted octanol–water partition coefficient (Wildman–Crippen LogP) is 3.05. The Bertz CT molecular complexity index is 1010. The quantitative estimate of drug-likeness (QED) is 0.447. The van der Waals surface area contributed by atoms with E-state index in [-0.39, 0.29) is 17.3 Å². The second-order valence-corrected chi connectivity index (χ2v) is 7.51. The Hall–Kier alpha value is -3.59. The van der Waals surface area contributed by atoms with E-state index in [2.05, 4.69) is 34.0 Å². The van der Waals surface area contributed by atoms with Crippen LogP contribution in [0.25, 0.3) is 0 Å². The molecule has 2 fully saturated rings. The van der Waals surface area contributed by atoms with Gasteiger partial charge in [-0.05, 0) is 37.4 Å². The molecule has 0 spiro atoms. The molecule has 162 valence electrons. The van der Waals surface area contributed by atoms with Gasteiger partial charge in [0.2, 0.25) is 11.6 Å². The smallest absolute Gasteiger partial charge is 0.273 e. The molecule has 0 atom stereocenters. The van der Waals surface area contributed by atoms with Gasteiger partial charge in [-0.3, -0.25) is 10.1 Å². The van der Waals surface area contributed by atoms with Crippen molar-refractivity contribution in [1.29, 1.82) is 0 Å². The van der Waals surface area contributed by atoms with E-state index in [0.29, 0.717) is 24.5 Å². The fourth-order valence-electron chi connectivity index (χ4n) is 3.56. The van der Waals surface area contributed by atoms with Crippen LogP contribution in [0.5, 0.6) is 5.75 Å². The van der Waals surface area contributed by atoms with Crippen molar-refractivity contribution in [3.63, 3.8) is 0 Å². The first-order valence-corrected chi connectivity index (χ1v) is 10.2. The highest BCUT2D eigenvalue weighted by molar-refractivity contribution is 6.01. The van der Waals surface area contributed by atoms with E-state index in [1.807, 2.05) is 12.1 Å². The maximum atomic E-state index is 10.9. The number of nitrogens with two attached hydrogens (primary N) is 1. The van der Waals surface area contributed by atoms with Gasteiger partial charge in [0.25, 0.3) is 5.69 Å². The Morgan fingerprint density at radius 3 is 2.61 bits per heavy atom. The monoisotopic (exact) mass is 423 g/mol. The summed E-state index contributed by atoms with van der Waals surface area (Å²) in [7, 11) is 2.14. The summed E-state index contributed by atoms with van der Waals surface area (Å²) >= 11 is 0. The average Bonchev–Trinajstić information content (AvgIpc) is 3.23. The molecule has 2 saturated heterocycles. The molecule has 2 aromatic carbocycles. The molecule has 31 heavy (non-hydrogen) atoms. The highest BCUT2D eigenvalue weighted by Crippen LogP contribution is 2.26. The number of benzene rings is 2. The zero-order valence-corrected chi connectivity index (χ0v) is 17.4. The minimum absolute atomic E-state index is 0.0332. The first-order valence-electron chi connectivity index (χ1n) is 10.2. The number of ether oxygens (including phenoxy) is 2. The number of nitro groups is 1. The van der Waals surface area contributed by atoms with Crippen LogP contribution in [-0.4, -0.2) is 55.4 Å². The molecule has 0 bridgehead atoms. The van der Waals surface area contributed by atoms with E-state index in [4.69, 9.17) is 15.2 Å². The Morgan fingerprint density at radius 2 is 1.90 bits per heavy atom. The summed E-state index contributed by atoms with van der Waals surface area (Å²) in [5.74, 6) is 0.672. The molecule has 0 amide bonds. The van der Waals surface area contributed by atoms with Crippen LogP contribution in [0.15, 0.2) is 65.2 Å². The van der Waals surface area contributed by atoms with Crippen LogP contribution in [0.2, 0.25) is 0 Å². The third-order valence-corrected chi connectivity index (χ3v) is 5.31. The number of allylic oxidation sites excluding steroid dienone is 1. The van der Waals surface area contributed by atoms with Gasteiger partial charge in [0, 0.05) is 44.4 Å². The maximum absolute atomic E-state index is 10.9. The van der Waals surface area contributed by atoms with E-state index < -0.39 is 4.92 Å². The fourth-order valence-corrected chi connectivity index (χ4v) is 3.56. The molecule has 2 aliphatic rings. The van der Waals surface area contributed by atoms with Gasteiger partial charge in [-0.2, -0.15) is 0 Å². The number of hydrogen-bond acceptors (Lipinski definition) is 8. The van der Waals surface area contributed by atoms with Gasteiger partial charge in [-0.1, -0.05) is 6.07 Å². The van der Waals surface area contributed by atoms with Crippen molar-refractivity contribution in [3.8, 4) is 5.75 Å². The largest absolute Gasteiger partial charge is 0.486 e. The second kappa shape index (κ2) is 9.05. The number of likely N-dealkylation sites (N-methyl/N-ethyl adjacent to an activating group) is 1. The molecular weight excluding hydrogens is 398 g/mol. The van der Waals surface area contributed by atoms with Crippen molar-refractivity contribution in [2.45, 2.75) is 6.42 Å². The van der Waals surface area contributed by atoms with Gasteiger partial charge in [0.15, 0.2) is 0 Å². The number of aliphatic imine (C=N–C) groups is 1. The lowest BCUT2D eigenvalue weighted by molar-refractivity contribution is -0.384. The van der Waals surface area contributed by atoms with Crippen molar-refractivity contribution in [2.75, 3.05) is 44.7 Å². The molecule has 0 saturated carbocycles. The van der Waals surface area contributed by atoms with Gasteiger partial charge in [-0.25, -0.2) is 4.99 Å². The number of rotatable bonds is 5. The SMILES string of the molecule is CN1CCN(c2ccc(N=C3CCOC3=C(N)Oc3cccc([N+](=O)[O-])c3)cc2)CC1. The van der Waals surface area contributed by atoms with E-state index >= 15 is 0 Å². The first kappa shape index (κ1) is 20.7. The zero-order valence-electron chi connectivity index (χ0n) is 17.4. The van der Waals surface area contributed by atoms with Crippen LogP contribution in [-0.2, 0) is 4.74 Å². The summed E-state index contributed by atoms with van der Waals surface area (Å²) < 4.78 is 11.2. The molecule has 0 aromatic heterocycles. The third-order valence-electron chi connectivity index (χ3n) is 5.31. The molecule has 9 heteroatoms. The summed E-state index contributed by atoms with van der Waals surface area (Å²) in [4.78, 5) is 19.8. The van der Waals surface area contributed by atoms with E-state index in [0.717, 1.165) is 31.9 Å². The lowest BCUT2D eigenvalue weighted by atomic mass is 10.2. The van der Waals surface area contributed by atoms with E-state index in [9.17, 15) is 10.1 Å². The van der Waals surface area contributed by atoms with Crippen LogP contribution in [0.3, 0.4) is 0 Å². The summed E-state index contributed by atoms with van der Waals surface area (Å²) in [5.41, 5.74) is 8.69. The van der Waals surface area contributed by atoms with Crippen LogP contribution >= 0.6 is 0 Å². The molecule has 2 aliphatic heterocycles. The Kier molecular flexibility index (Phi) is 6.03. The zero-order chi connectivity index (χ0) is 21.8.